The van der Waals surface area contributed by atoms with Crippen molar-refractivity contribution >= 4 is 0 Å². The molecule has 18 heavy (non-hydrogen) atoms. The quantitative estimate of drug-likeness (QED) is 0.813. The predicted molar refractivity (Wildman–Crippen MR) is 66.1 cm³/mol. The Labute approximate surface area is 106 Å². The predicted octanol–water partition coefficient (Wildman–Crippen LogP) is 1.89. The molecule has 0 bridgehead atoms. The minimum absolute atomic E-state index is 0.317. The lowest BCUT2D eigenvalue weighted by Crippen LogP contribution is -2.54. The van der Waals surface area contributed by atoms with Crippen molar-refractivity contribution < 1.29 is 14.2 Å². The molecule has 4 nitrogen and oxygen atoms in total. The molecule has 1 aromatic carbocycles. The van der Waals surface area contributed by atoms with Gasteiger partial charge in [0.15, 0.2) is 11.5 Å². The Bertz CT molecular complexity index is 452. The first-order chi connectivity index (χ1) is 8.87. The van der Waals surface area contributed by atoms with Gasteiger partial charge in [-0.15, -0.1) is 0 Å². The summed E-state index contributed by atoms with van der Waals surface area (Å²) in [6, 6.07) is 5.79. The largest absolute Gasteiger partial charge is 0.488 e. The molecule has 2 aliphatic heterocycles. The Morgan fingerprint density at radius 1 is 1.17 bits per heavy atom. The van der Waals surface area contributed by atoms with E-state index >= 15 is 0 Å². The lowest BCUT2D eigenvalue weighted by Gasteiger charge is -2.39. The topological polar surface area (TPSA) is 30.9 Å². The van der Waals surface area contributed by atoms with Gasteiger partial charge in [-0.25, -0.2) is 0 Å². The van der Waals surface area contributed by atoms with Crippen LogP contribution in [0.5, 0.6) is 17.2 Å². The van der Waals surface area contributed by atoms with E-state index < -0.39 is 0 Å². The van der Waals surface area contributed by atoms with E-state index in [1.54, 1.807) is 0 Å². The van der Waals surface area contributed by atoms with Gasteiger partial charge >= 0.3 is 0 Å². The number of hydrogen-bond donors (Lipinski definition) is 0. The average Bonchev–Trinajstić information content (AvgIpc) is 3.02. The number of fused-ring (bicyclic) bond motifs is 1. The van der Waals surface area contributed by atoms with E-state index in [0.717, 1.165) is 36.3 Å². The maximum atomic E-state index is 5.93. The highest BCUT2D eigenvalue weighted by Gasteiger charge is 2.33. The molecule has 1 aliphatic carbocycles. The van der Waals surface area contributed by atoms with Crippen molar-refractivity contribution in [3.8, 4) is 17.2 Å². The van der Waals surface area contributed by atoms with Gasteiger partial charge in [-0.3, -0.25) is 4.90 Å². The van der Waals surface area contributed by atoms with Crippen LogP contribution < -0.4 is 14.2 Å². The molecule has 0 spiro atoms. The van der Waals surface area contributed by atoms with Crippen LogP contribution in [0, 0.1) is 5.92 Å². The molecule has 1 aromatic rings. The van der Waals surface area contributed by atoms with E-state index in [0.29, 0.717) is 12.9 Å². The summed E-state index contributed by atoms with van der Waals surface area (Å²) in [6.45, 7) is 3.70. The minimum Gasteiger partial charge on any atom is -0.488 e. The lowest BCUT2D eigenvalue weighted by atomic mass is 10.1. The van der Waals surface area contributed by atoms with Crippen molar-refractivity contribution in [3.05, 3.63) is 18.2 Å². The highest BCUT2D eigenvalue weighted by atomic mass is 16.7. The third-order valence-corrected chi connectivity index (χ3v) is 3.78. The van der Waals surface area contributed by atoms with E-state index in [1.807, 2.05) is 18.2 Å². The fraction of sp³-hybridized carbons (Fsp3) is 0.571. The summed E-state index contributed by atoms with van der Waals surface area (Å²) in [5.74, 6) is 3.46. The van der Waals surface area contributed by atoms with Crippen molar-refractivity contribution in [2.24, 2.45) is 5.92 Å². The maximum absolute atomic E-state index is 5.93. The first-order valence-corrected chi connectivity index (χ1v) is 6.65. The lowest BCUT2D eigenvalue weighted by molar-refractivity contribution is 0.0171. The molecule has 0 radical (unpaired) electrons. The van der Waals surface area contributed by atoms with Crippen molar-refractivity contribution in [2.75, 3.05) is 26.4 Å². The van der Waals surface area contributed by atoms with Crippen LogP contribution in [0.25, 0.3) is 0 Å². The van der Waals surface area contributed by atoms with Crippen molar-refractivity contribution in [3.63, 3.8) is 0 Å². The summed E-state index contributed by atoms with van der Waals surface area (Å²) in [5.41, 5.74) is 0. The molecule has 0 aromatic heterocycles. The molecule has 0 unspecified atom stereocenters. The zero-order valence-corrected chi connectivity index (χ0v) is 10.3. The first kappa shape index (κ1) is 10.5. The fourth-order valence-corrected chi connectivity index (χ4v) is 2.55. The normalized spacial score (nSPS) is 22.9. The SMILES string of the molecule is c1cc2c(cc1OC1CN(CC3CC3)C1)OCO2. The summed E-state index contributed by atoms with van der Waals surface area (Å²) >= 11 is 0. The van der Waals surface area contributed by atoms with Gasteiger partial charge in [0.05, 0.1) is 0 Å². The molecular weight excluding hydrogens is 230 g/mol. The molecule has 0 amide bonds. The van der Waals surface area contributed by atoms with Gasteiger partial charge in [-0.2, -0.15) is 0 Å². The average molecular weight is 247 g/mol. The zero-order chi connectivity index (χ0) is 11.9. The summed E-state index contributed by atoms with van der Waals surface area (Å²) in [7, 11) is 0. The van der Waals surface area contributed by atoms with Crippen LogP contribution in [0.15, 0.2) is 18.2 Å². The minimum atomic E-state index is 0.317. The number of hydrogen-bond acceptors (Lipinski definition) is 4. The molecule has 96 valence electrons. The highest BCUT2D eigenvalue weighted by Crippen LogP contribution is 2.36. The van der Waals surface area contributed by atoms with Gasteiger partial charge < -0.3 is 14.2 Å². The Balaban J connectivity index is 1.32. The molecule has 4 rings (SSSR count). The van der Waals surface area contributed by atoms with E-state index in [1.165, 1.54) is 19.4 Å². The van der Waals surface area contributed by atoms with Crippen molar-refractivity contribution in [1.82, 2.24) is 4.90 Å². The Morgan fingerprint density at radius 3 is 2.83 bits per heavy atom. The zero-order valence-electron chi connectivity index (χ0n) is 10.3. The number of ether oxygens (including phenoxy) is 3. The molecule has 4 heteroatoms. The molecule has 1 saturated carbocycles. The summed E-state index contributed by atoms with van der Waals surface area (Å²) in [5, 5.41) is 0. The number of nitrogens with zero attached hydrogens (tertiary/aromatic N) is 1. The van der Waals surface area contributed by atoms with E-state index in [2.05, 4.69) is 4.90 Å². The maximum Gasteiger partial charge on any atom is 0.231 e. The van der Waals surface area contributed by atoms with E-state index in [-0.39, 0.29) is 0 Å². The number of rotatable bonds is 4. The van der Waals surface area contributed by atoms with Crippen molar-refractivity contribution in [2.45, 2.75) is 18.9 Å². The van der Waals surface area contributed by atoms with Gasteiger partial charge in [0.2, 0.25) is 6.79 Å². The molecule has 0 atom stereocenters. The van der Waals surface area contributed by atoms with Crippen LogP contribution in [0.3, 0.4) is 0 Å². The number of benzene rings is 1. The summed E-state index contributed by atoms with van der Waals surface area (Å²) in [4.78, 5) is 2.48. The number of likely N-dealkylation sites (tertiary alicyclic amines) is 1. The summed E-state index contributed by atoms with van der Waals surface area (Å²) in [6.07, 6.45) is 3.18. The molecule has 1 saturated heterocycles. The highest BCUT2D eigenvalue weighted by molar-refractivity contribution is 5.46. The van der Waals surface area contributed by atoms with Gasteiger partial charge in [0.25, 0.3) is 0 Å². The Hall–Kier alpha value is -1.42. The third kappa shape index (κ3) is 2.01. The second-order valence-corrected chi connectivity index (χ2v) is 5.42. The monoisotopic (exact) mass is 247 g/mol. The van der Waals surface area contributed by atoms with Gasteiger partial charge in [-0.05, 0) is 30.9 Å². The van der Waals surface area contributed by atoms with E-state index in [4.69, 9.17) is 14.2 Å². The van der Waals surface area contributed by atoms with Crippen LogP contribution in [0.1, 0.15) is 12.8 Å². The van der Waals surface area contributed by atoms with Gasteiger partial charge in [0.1, 0.15) is 11.9 Å². The first-order valence-electron chi connectivity index (χ1n) is 6.65. The van der Waals surface area contributed by atoms with Crippen LogP contribution >= 0.6 is 0 Å². The molecule has 0 N–H and O–H groups in total. The van der Waals surface area contributed by atoms with Crippen molar-refractivity contribution in [1.29, 1.82) is 0 Å². The molecular formula is C14H17NO3. The molecule has 2 fully saturated rings. The Morgan fingerprint density at radius 2 is 2.00 bits per heavy atom. The molecule has 3 aliphatic rings. The van der Waals surface area contributed by atoms with Crippen LogP contribution in [0.4, 0.5) is 0 Å². The van der Waals surface area contributed by atoms with Crippen LogP contribution in [-0.2, 0) is 0 Å². The van der Waals surface area contributed by atoms with Gasteiger partial charge in [-0.1, -0.05) is 0 Å². The smallest absolute Gasteiger partial charge is 0.231 e. The second-order valence-electron chi connectivity index (χ2n) is 5.42. The fourth-order valence-electron chi connectivity index (χ4n) is 2.55. The van der Waals surface area contributed by atoms with E-state index in [9.17, 15) is 0 Å². The third-order valence-electron chi connectivity index (χ3n) is 3.78. The molecule has 2 heterocycles. The summed E-state index contributed by atoms with van der Waals surface area (Å²) < 4.78 is 16.6. The van der Waals surface area contributed by atoms with Crippen LogP contribution in [-0.4, -0.2) is 37.4 Å². The van der Waals surface area contributed by atoms with Crippen LogP contribution in [0.2, 0.25) is 0 Å². The van der Waals surface area contributed by atoms with Gasteiger partial charge in [0, 0.05) is 25.7 Å². The standard InChI is InChI=1S/C14H17NO3/c1-2-10(1)6-15-7-12(8-15)18-11-3-4-13-14(5-11)17-9-16-13/h3-5,10,12H,1-2,6-9H2. The Kier molecular flexibility index (Phi) is 2.36. The second kappa shape index (κ2) is 4.05.